The van der Waals surface area contributed by atoms with E-state index in [1.807, 2.05) is 29.2 Å². The SMILES string of the molecule is O=C1CCCCN1[C@@H](Cc1cccc2cccnc12)c1ccc(F)cc1. The highest BCUT2D eigenvalue weighted by molar-refractivity contribution is 5.82. The number of rotatable bonds is 4. The summed E-state index contributed by atoms with van der Waals surface area (Å²) in [7, 11) is 0. The Morgan fingerprint density at radius 2 is 1.85 bits per heavy atom. The number of aromatic nitrogens is 1. The Morgan fingerprint density at radius 3 is 2.65 bits per heavy atom. The zero-order chi connectivity index (χ0) is 17.9. The molecule has 0 N–H and O–H groups in total. The van der Waals surface area contributed by atoms with Crippen LogP contribution >= 0.6 is 0 Å². The molecule has 4 heteroatoms. The molecule has 132 valence electrons. The zero-order valence-electron chi connectivity index (χ0n) is 14.6. The third-order valence-electron chi connectivity index (χ3n) is 5.12. The minimum atomic E-state index is -0.260. The summed E-state index contributed by atoms with van der Waals surface area (Å²) in [4.78, 5) is 19.1. The minimum Gasteiger partial charge on any atom is -0.335 e. The summed E-state index contributed by atoms with van der Waals surface area (Å²) in [6.45, 7) is 0.749. The Bertz CT molecular complexity index is 918. The second-order valence-corrected chi connectivity index (χ2v) is 6.81. The van der Waals surface area contributed by atoms with Crippen LogP contribution in [0, 0.1) is 5.82 Å². The first kappa shape index (κ1) is 16.7. The second-order valence-electron chi connectivity index (χ2n) is 6.81. The summed E-state index contributed by atoms with van der Waals surface area (Å²) in [5.41, 5.74) is 3.04. The normalized spacial score (nSPS) is 16.0. The highest BCUT2D eigenvalue weighted by Crippen LogP contribution is 2.31. The van der Waals surface area contributed by atoms with Crippen molar-refractivity contribution < 1.29 is 9.18 Å². The molecule has 0 unspecified atom stereocenters. The fourth-order valence-corrected chi connectivity index (χ4v) is 3.79. The van der Waals surface area contributed by atoms with E-state index in [0.717, 1.165) is 41.4 Å². The maximum absolute atomic E-state index is 13.4. The van der Waals surface area contributed by atoms with E-state index in [1.54, 1.807) is 18.3 Å². The van der Waals surface area contributed by atoms with Gasteiger partial charge in [-0.1, -0.05) is 36.4 Å². The maximum Gasteiger partial charge on any atom is 0.223 e. The predicted octanol–water partition coefficient (Wildman–Crippen LogP) is 4.67. The van der Waals surface area contributed by atoms with Gasteiger partial charge < -0.3 is 4.90 Å². The molecule has 3 nitrogen and oxygen atoms in total. The molecule has 1 aliphatic heterocycles. The average Bonchev–Trinajstić information content (AvgIpc) is 2.68. The van der Waals surface area contributed by atoms with E-state index < -0.39 is 0 Å². The Hall–Kier alpha value is -2.75. The van der Waals surface area contributed by atoms with Gasteiger partial charge in [-0.05, 0) is 48.6 Å². The van der Waals surface area contributed by atoms with Gasteiger partial charge in [-0.15, -0.1) is 0 Å². The smallest absolute Gasteiger partial charge is 0.223 e. The number of amides is 1. The summed E-state index contributed by atoms with van der Waals surface area (Å²) in [5, 5.41) is 1.09. The fourth-order valence-electron chi connectivity index (χ4n) is 3.79. The van der Waals surface area contributed by atoms with Gasteiger partial charge >= 0.3 is 0 Å². The Balaban J connectivity index is 1.74. The number of likely N-dealkylation sites (tertiary alicyclic amines) is 1. The maximum atomic E-state index is 13.4. The van der Waals surface area contributed by atoms with Gasteiger partial charge in [0.1, 0.15) is 5.82 Å². The molecule has 1 aliphatic rings. The standard InChI is InChI=1S/C22H21FN2O/c23-19-11-9-16(10-12-19)20(25-14-2-1-8-21(25)26)15-18-6-3-5-17-7-4-13-24-22(17)18/h3-7,9-13,20H,1-2,8,14-15H2/t20-/m0/s1. The van der Waals surface area contributed by atoms with Gasteiger partial charge in [0.05, 0.1) is 11.6 Å². The van der Waals surface area contributed by atoms with Crippen LogP contribution in [0.1, 0.15) is 36.4 Å². The van der Waals surface area contributed by atoms with Crippen molar-refractivity contribution in [1.29, 1.82) is 0 Å². The Kier molecular flexibility index (Phi) is 4.65. The molecular formula is C22H21FN2O. The Morgan fingerprint density at radius 1 is 1.04 bits per heavy atom. The van der Waals surface area contributed by atoms with E-state index in [-0.39, 0.29) is 17.8 Å². The van der Waals surface area contributed by atoms with Gasteiger partial charge in [-0.25, -0.2) is 4.39 Å². The van der Waals surface area contributed by atoms with E-state index >= 15 is 0 Å². The molecule has 1 amide bonds. The number of benzene rings is 2. The summed E-state index contributed by atoms with van der Waals surface area (Å²) in [6, 6.07) is 16.5. The largest absolute Gasteiger partial charge is 0.335 e. The van der Waals surface area contributed by atoms with E-state index in [9.17, 15) is 9.18 Å². The van der Waals surface area contributed by atoms with Crippen molar-refractivity contribution in [3.05, 3.63) is 77.7 Å². The number of pyridine rings is 1. The van der Waals surface area contributed by atoms with Crippen LogP contribution in [0.5, 0.6) is 0 Å². The van der Waals surface area contributed by atoms with Crippen LogP contribution in [0.4, 0.5) is 4.39 Å². The molecule has 1 atom stereocenters. The lowest BCUT2D eigenvalue weighted by Gasteiger charge is -2.35. The first-order valence-electron chi connectivity index (χ1n) is 9.10. The van der Waals surface area contributed by atoms with Crippen molar-refractivity contribution in [2.75, 3.05) is 6.54 Å². The monoisotopic (exact) mass is 348 g/mol. The summed E-state index contributed by atoms with van der Waals surface area (Å²) < 4.78 is 13.4. The van der Waals surface area contributed by atoms with Gasteiger partial charge in [-0.3, -0.25) is 9.78 Å². The molecule has 0 spiro atoms. The van der Waals surface area contributed by atoms with Gasteiger partial charge in [0.25, 0.3) is 0 Å². The molecule has 3 aromatic rings. The van der Waals surface area contributed by atoms with Gasteiger partial charge in [0.15, 0.2) is 0 Å². The Labute approximate surface area is 152 Å². The van der Waals surface area contributed by atoms with Crippen LogP contribution in [0.3, 0.4) is 0 Å². The summed E-state index contributed by atoms with van der Waals surface area (Å²) in [6.07, 6.45) is 5.01. The van der Waals surface area contributed by atoms with Crippen molar-refractivity contribution in [2.45, 2.75) is 31.7 Å². The molecule has 0 bridgehead atoms. The first-order chi connectivity index (χ1) is 12.7. The van der Waals surface area contributed by atoms with Crippen molar-refractivity contribution >= 4 is 16.8 Å². The first-order valence-corrected chi connectivity index (χ1v) is 9.10. The van der Waals surface area contributed by atoms with Crippen LogP contribution in [0.15, 0.2) is 60.8 Å². The number of hydrogen-bond donors (Lipinski definition) is 0. The number of carbonyl (C=O) groups is 1. The summed E-state index contributed by atoms with van der Waals surface area (Å²) >= 11 is 0. The van der Waals surface area contributed by atoms with Crippen molar-refractivity contribution in [2.24, 2.45) is 0 Å². The van der Waals surface area contributed by atoms with Gasteiger partial charge in [0, 0.05) is 24.5 Å². The van der Waals surface area contributed by atoms with Crippen LogP contribution in [-0.4, -0.2) is 22.3 Å². The quantitative estimate of drug-likeness (QED) is 0.686. The number of hydrogen-bond acceptors (Lipinski definition) is 2. The number of halogens is 1. The van der Waals surface area contributed by atoms with E-state index in [4.69, 9.17) is 0 Å². The van der Waals surface area contributed by atoms with E-state index in [1.165, 1.54) is 12.1 Å². The van der Waals surface area contributed by atoms with Crippen molar-refractivity contribution in [3.8, 4) is 0 Å². The molecule has 0 saturated carbocycles. The molecule has 0 radical (unpaired) electrons. The molecule has 2 heterocycles. The van der Waals surface area contributed by atoms with E-state index in [2.05, 4.69) is 11.1 Å². The lowest BCUT2D eigenvalue weighted by molar-refractivity contribution is -0.135. The van der Waals surface area contributed by atoms with Gasteiger partial charge in [0.2, 0.25) is 5.91 Å². The number of carbonyl (C=O) groups excluding carboxylic acids is 1. The minimum absolute atomic E-state index is 0.101. The fraction of sp³-hybridized carbons (Fsp3) is 0.273. The number of piperidine rings is 1. The molecule has 2 aromatic carbocycles. The molecule has 0 aliphatic carbocycles. The average molecular weight is 348 g/mol. The molecule has 4 rings (SSSR count). The highest BCUT2D eigenvalue weighted by Gasteiger charge is 2.28. The van der Waals surface area contributed by atoms with Crippen LogP contribution < -0.4 is 0 Å². The molecule has 1 fully saturated rings. The van der Waals surface area contributed by atoms with E-state index in [0.29, 0.717) is 12.8 Å². The highest BCUT2D eigenvalue weighted by atomic mass is 19.1. The van der Waals surface area contributed by atoms with Gasteiger partial charge in [-0.2, -0.15) is 0 Å². The molecule has 26 heavy (non-hydrogen) atoms. The van der Waals surface area contributed by atoms with Crippen molar-refractivity contribution in [3.63, 3.8) is 0 Å². The third kappa shape index (κ3) is 3.32. The molecule has 1 aromatic heterocycles. The zero-order valence-corrected chi connectivity index (χ0v) is 14.6. The topological polar surface area (TPSA) is 33.2 Å². The lowest BCUT2D eigenvalue weighted by Crippen LogP contribution is -2.39. The number of para-hydroxylation sites is 1. The third-order valence-corrected chi connectivity index (χ3v) is 5.12. The number of nitrogens with zero attached hydrogens (tertiary/aromatic N) is 2. The van der Waals surface area contributed by atoms with Crippen LogP contribution in [0.2, 0.25) is 0 Å². The molecular weight excluding hydrogens is 327 g/mol. The molecule has 1 saturated heterocycles. The van der Waals surface area contributed by atoms with Crippen molar-refractivity contribution in [1.82, 2.24) is 9.88 Å². The second kappa shape index (κ2) is 7.24. The van der Waals surface area contributed by atoms with Crippen LogP contribution in [0.25, 0.3) is 10.9 Å². The lowest BCUT2D eigenvalue weighted by atomic mass is 9.94. The number of fused-ring (bicyclic) bond motifs is 1. The predicted molar refractivity (Wildman–Crippen MR) is 100 cm³/mol. The van der Waals surface area contributed by atoms with Crippen LogP contribution in [-0.2, 0) is 11.2 Å². The summed E-state index contributed by atoms with van der Waals surface area (Å²) in [5.74, 6) is -0.0805.